The molecule has 2 heterocycles. The van der Waals surface area contributed by atoms with E-state index in [4.69, 9.17) is 10.8 Å². The summed E-state index contributed by atoms with van der Waals surface area (Å²) in [5.74, 6) is 0. The van der Waals surface area contributed by atoms with Crippen molar-refractivity contribution in [3.05, 3.63) is 119 Å². The third-order valence-corrected chi connectivity index (χ3v) is 8.25. The maximum atomic E-state index is 12.8. The highest BCUT2D eigenvalue weighted by molar-refractivity contribution is 7.14. The minimum atomic E-state index is -4.37. The van der Waals surface area contributed by atoms with Gasteiger partial charge in [-0.3, -0.25) is 0 Å². The molecule has 0 saturated heterocycles. The summed E-state index contributed by atoms with van der Waals surface area (Å²) in [5.41, 5.74) is 10.0. The zero-order valence-corrected chi connectivity index (χ0v) is 28.5. The van der Waals surface area contributed by atoms with Crippen LogP contribution in [0.15, 0.2) is 108 Å². The fourth-order valence-corrected chi connectivity index (χ4v) is 5.84. The maximum absolute atomic E-state index is 12.8. The second-order valence-corrected chi connectivity index (χ2v) is 12.3. The number of nitrogens with two attached hydrogens (primary N) is 1. The number of anilines is 6. The third kappa shape index (κ3) is 10.4. The molecule has 0 spiro atoms. The summed E-state index contributed by atoms with van der Waals surface area (Å²) in [7, 11) is 4.92. The Labute approximate surface area is 292 Å². The van der Waals surface area contributed by atoms with Crippen LogP contribution < -0.4 is 21.3 Å². The molecule has 7 nitrogen and oxygen atoms in total. The molecular formula is C35H32F6N6OS2. The number of rotatable bonds is 7. The number of nitrogens with zero attached hydrogens (tertiary/aromatic N) is 3. The summed E-state index contributed by atoms with van der Waals surface area (Å²) >= 11 is 2.66. The van der Waals surface area contributed by atoms with Crippen molar-refractivity contribution in [2.24, 2.45) is 0 Å². The Bertz CT molecular complexity index is 1990. The minimum absolute atomic E-state index is 0.341. The summed E-state index contributed by atoms with van der Waals surface area (Å²) in [4.78, 5) is 10.9. The number of nitrogen functional groups attached to an aromatic ring is 1. The average Bonchev–Trinajstić information content (AvgIpc) is 3.76. The first kappa shape index (κ1) is 37.7. The van der Waals surface area contributed by atoms with Crippen LogP contribution >= 0.6 is 22.7 Å². The molecule has 262 valence electrons. The summed E-state index contributed by atoms with van der Waals surface area (Å²) in [5, 5.41) is 17.6. The molecule has 5 N–H and O–H groups in total. The second kappa shape index (κ2) is 16.5. The quantitative estimate of drug-likeness (QED) is 0.0959. The molecule has 0 aliphatic rings. The van der Waals surface area contributed by atoms with Crippen LogP contribution in [-0.4, -0.2) is 36.3 Å². The second-order valence-electron chi connectivity index (χ2n) is 10.6. The summed E-state index contributed by atoms with van der Waals surface area (Å²) < 4.78 is 76.5. The van der Waals surface area contributed by atoms with Crippen molar-refractivity contribution in [3.8, 4) is 22.5 Å². The van der Waals surface area contributed by atoms with Crippen molar-refractivity contribution < 1.29 is 31.4 Å². The Kier molecular flexibility index (Phi) is 12.5. The van der Waals surface area contributed by atoms with Gasteiger partial charge in [0.05, 0.1) is 22.5 Å². The normalized spacial score (nSPS) is 11.1. The lowest BCUT2D eigenvalue weighted by atomic mass is 10.1. The molecule has 6 rings (SSSR count). The maximum Gasteiger partial charge on any atom is 0.416 e. The predicted molar refractivity (Wildman–Crippen MR) is 191 cm³/mol. The summed E-state index contributed by atoms with van der Waals surface area (Å²) in [6.45, 7) is 0. The Balaban J connectivity index is 0.000000215. The van der Waals surface area contributed by atoms with E-state index in [1.165, 1.54) is 34.8 Å². The molecule has 0 fully saturated rings. The molecule has 0 saturated carbocycles. The number of aliphatic hydroxyl groups is 1. The van der Waals surface area contributed by atoms with Gasteiger partial charge in [0.2, 0.25) is 0 Å². The lowest BCUT2D eigenvalue weighted by Crippen LogP contribution is -2.08. The van der Waals surface area contributed by atoms with E-state index < -0.39 is 23.5 Å². The van der Waals surface area contributed by atoms with Crippen LogP contribution in [0.1, 0.15) is 11.1 Å². The van der Waals surface area contributed by atoms with Crippen molar-refractivity contribution >= 4 is 55.7 Å². The van der Waals surface area contributed by atoms with Crippen LogP contribution in [0.4, 0.5) is 59.4 Å². The van der Waals surface area contributed by atoms with E-state index in [9.17, 15) is 26.3 Å². The van der Waals surface area contributed by atoms with Gasteiger partial charge in [0.25, 0.3) is 0 Å². The number of alkyl halides is 6. The van der Waals surface area contributed by atoms with Crippen molar-refractivity contribution in [1.82, 2.24) is 9.97 Å². The van der Waals surface area contributed by atoms with Gasteiger partial charge in [0.15, 0.2) is 10.3 Å². The molecule has 0 atom stereocenters. The van der Waals surface area contributed by atoms with E-state index in [2.05, 4.69) is 20.6 Å². The van der Waals surface area contributed by atoms with Gasteiger partial charge in [-0.25, -0.2) is 9.97 Å². The van der Waals surface area contributed by atoms with E-state index in [-0.39, 0.29) is 0 Å². The van der Waals surface area contributed by atoms with Crippen LogP contribution in [0.5, 0.6) is 0 Å². The molecule has 0 bridgehead atoms. The number of thiazole rings is 2. The van der Waals surface area contributed by atoms with Crippen LogP contribution in [0, 0.1) is 0 Å². The SMILES string of the molecule is CN(C)c1cccc(-c2csc(Nc3cccc(C(F)(F)F)c3)n2)c1.CO.Nc1cccc(-c2csc(Nc3cccc(C(F)(F)F)c3)n2)c1. The topological polar surface area (TPSA) is 99.3 Å². The lowest BCUT2D eigenvalue weighted by molar-refractivity contribution is -0.138. The molecule has 2 aromatic heterocycles. The van der Waals surface area contributed by atoms with Gasteiger partial charge >= 0.3 is 12.4 Å². The van der Waals surface area contributed by atoms with Crippen molar-refractivity contribution in [2.45, 2.75) is 12.4 Å². The zero-order valence-electron chi connectivity index (χ0n) is 26.8. The van der Waals surface area contributed by atoms with Gasteiger partial charge in [-0.1, -0.05) is 36.4 Å². The fraction of sp³-hybridized carbons (Fsp3) is 0.143. The molecule has 0 radical (unpaired) electrons. The highest BCUT2D eigenvalue weighted by Gasteiger charge is 2.31. The zero-order chi connectivity index (χ0) is 36.5. The predicted octanol–water partition coefficient (Wildman–Crippen LogP) is 10.4. The summed E-state index contributed by atoms with van der Waals surface area (Å²) in [6, 6.07) is 25.3. The molecule has 0 amide bonds. The number of aromatic nitrogens is 2. The van der Waals surface area contributed by atoms with Gasteiger partial charge in [-0.05, 0) is 60.7 Å². The van der Waals surface area contributed by atoms with Crippen molar-refractivity contribution in [2.75, 3.05) is 42.5 Å². The Hall–Kier alpha value is -5.12. The molecular weight excluding hydrogens is 699 g/mol. The first-order chi connectivity index (χ1) is 23.7. The largest absolute Gasteiger partial charge is 0.416 e. The first-order valence-electron chi connectivity index (χ1n) is 14.6. The van der Waals surface area contributed by atoms with Gasteiger partial charge in [0, 0.05) is 65.8 Å². The van der Waals surface area contributed by atoms with Crippen LogP contribution in [-0.2, 0) is 12.4 Å². The number of benzene rings is 4. The highest BCUT2D eigenvalue weighted by atomic mass is 32.1. The molecule has 0 aliphatic carbocycles. The minimum Gasteiger partial charge on any atom is -0.400 e. The number of halogens is 6. The number of hydrogen-bond donors (Lipinski definition) is 4. The number of hydrogen-bond acceptors (Lipinski definition) is 9. The molecule has 50 heavy (non-hydrogen) atoms. The molecule has 6 aromatic rings. The fourth-order valence-electron chi connectivity index (χ4n) is 4.36. The van der Waals surface area contributed by atoms with Gasteiger partial charge in [-0.2, -0.15) is 26.3 Å². The van der Waals surface area contributed by atoms with E-state index in [0.717, 1.165) is 59.6 Å². The van der Waals surface area contributed by atoms with E-state index in [0.29, 0.717) is 27.3 Å². The van der Waals surface area contributed by atoms with E-state index >= 15 is 0 Å². The molecule has 4 aromatic carbocycles. The molecule has 0 aliphatic heterocycles. The van der Waals surface area contributed by atoms with Crippen LogP contribution in [0.25, 0.3) is 22.5 Å². The highest BCUT2D eigenvalue weighted by Crippen LogP contribution is 2.34. The summed E-state index contributed by atoms with van der Waals surface area (Å²) in [6.07, 6.45) is -8.73. The van der Waals surface area contributed by atoms with Gasteiger partial charge < -0.3 is 26.4 Å². The molecule has 0 unspecified atom stereocenters. The molecule has 15 heteroatoms. The van der Waals surface area contributed by atoms with E-state index in [1.807, 2.05) is 66.2 Å². The lowest BCUT2D eigenvalue weighted by Gasteiger charge is -2.12. The monoisotopic (exact) mass is 730 g/mol. The Morgan fingerprint density at radius 2 is 1.06 bits per heavy atom. The Morgan fingerprint density at radius 1 is 0.620 bits per heavy atom. The van der Waals surface area contributed by atoms with Crippen LogP contribution in [0.2, 0.25) is 0 Å². The van der Waals surface area contributed by atoms with Crippen molar-refractivity contribution in [3.63, 3.8) is 0 Å². The third-order valence-electron chi connectivity index (χ3n) is 6.73. The van der Waals surface area contributed by atoms with Crippen LogP contribution in [0.3, 0.4) is 0 Å². The van der Waals surface area contributed by atoms with Crippen molar-refractivity contribution in [1.29, 1.82) is 0 Å². The Morgan fingerprint density at radius 3 is 1.50 bits per heavy atom. The number of aliphatic hydroxyl groups excluding tert-OH is 1. The van der Waals surface area contributed by atoms with E-state index in [1.54, 1.807) is 24.3 Å². The van der Waals surface area contributed by atoms with Gasteiger partial charge in [0.1, 0.15) is 0 Å². The number of nitrogens with one attached hydrogen (secondary N) is 2. The first-order valence-corrected chi connectivity index (χ1v) is 16.4. The van der Waals surface area contributed by atoms with Gasteiger partial charge in [-0.15, -0.1) is 22.7 Å². The average molecular weight is 731 g/mol. The smallest absolute Gasteiger partial charge is 0.400 e. The standard InChI is InChI=1S/C18H16F3N3S.C16H12F3N3S.CH4O/c1-24(2)15-8-3-5-12(9-15)16-11-25-17(23-16)22-14-7-4-6-13(10-14)18(19,20)21;17-16(18,19)11-4-2-6-13(8-11)21-15-22-14(9-23-15)10-3-1-5-12(20)7-10;1-2/h3-11H,1-2H3,(H,22,23);1-9H,20H2,(H,21,22);2H,1H3.